The van der Waals surface area contributed by atoms with E-state index in [0.29, 0.717) is 6.10 Å². The maximum atomic E-state index is 11.8. The van der Waals surface area contributed by atoms with Gasteiger partial charge in [-0.3, -0.25) is 4.79 Å². The molecule has 0 bridgehead atoms. The summed E-state index contributed by atoms with van der Waals surface area (Å²) in [5.41, 5.74) is 1.47. The summed E-state index contributed by atoms with van der Waals surface area (Å²) in [7, 11) is 0. The van der Waals surface area contributed by atoms with Crippen molar-refractivity contribution in [1.29, 1.82) is 0 Å². The topological polar surface area (TPSA) is 26.3 Å². The van der Waals surface area contributed by atoms with E-state index in [0.717, 1.165) is 17.7 Å². The van der Waals surface area contributed by atoms with Crippen LogP contribution in [0.2, 0.25) is 0 Å². The minimum Gasteiger partial charge on any atom is -0.379 e. The summed E-state index contributed by atoms with van der Waals surface area (Å²) in [6.07, 6.45) is 7.19. The lowest BCUT2D eigenvalue weighted by molar-refractivity contribution is 0.0480. The second-order valence-electron chi connectivity index (χ2n) is 5.95. The smallest absolute Gasteiger partial charge is 0.193 e. The zero-order valence-electron chi connectivity index (χ0n) is 13.9. The van der Waals surface area contributed by atoms with E-state index in [2.05, 4.69) is 6.92 Å². The predicted molar refractivity (Wildman–Crippen MR) is 94.8 cm³/mol. The van der Waals surface area contributed by atoms with Crippen LogP contribution in [0.1, 0.15) is 54.9 Å². The Kier molecular flexibility index (Phi) is 7.55. The second-order valence-corrected chi connectivity index (χ2v) is 5.95. The van der Waals surface area contributed by atoms with Crippen molar-refractivity contribution in [3.63, 3.8) is 0 Å². The fraction of sp³-hybridized carbons (Fsp3) is 0.381. The first-order valence-electron chi connectivity index (χ1n) is 8.54. The summed E-state index contributed by atoms with van der Waals surface area (Å²) in [5.74, 6) is 0.0752. The van der Waals surface area contributed by atoms with Crippen LogP contribution in [0.15, 0.2) is 60.7 Å². The van der Waals surface area contributed by atoms with Crippen molar-refractivity contribution in [3.05, 3.63) is 71.8 Å². The Balaban J connectivity index is 0.000000185. The van der Waals surface area contributed by atoms with Gasteiger partial charge in [-0.15, -0.1) is 0 Å². The maximum absolute atomic E-state index is 11.8. The molecule has 0 aliphatic carbocycles. The van der Waals surface area contributed by atoms with Crippen LogP contribution < -0.4 is 0 Å². The number of ether oxygens (including phenoxy) is 1. The van der Waals surface area contributed by atoms with E-state index in [-0.39, 0.29) is 5.78 Å². The maximum Gasteiger partial charge on any atom is 0.193 e. The van der Waals surface area contributed by atoms with Crippen LogP contribution in [0.4, 0.5) is 0 Å². The van der Waals surface area contributed by atoms with Gasteiger partial charge in [0.25, 0.3) is 0 Å². The van der Waals surface area contributed by atoms with Gasteiger partial charge in [0.15, 0.2) is 5.78 Å². The van der Waals surface area contributed by atoms with Crippen LogP contribution in [0, 0.1) is 0 Å². The van der Waals surface area contributed by atoms with Gasteiger partial charge < -0.3 is 4.74 Å². The Morgan fingerprint density at radius 1 is 0.826 bits per heavy atom. The average Bonchev–Trinajstić information content (AvgIpc) is 2.60. The van der Waals surface area contributed by atoms with E-state index in [9.17, 15) is 4.79 Å². The number of benzene rings is 2. The molecule has 2 heteroatoms. The van der Waals surface area contributed by atoms with E-state index in [4.69, 9.17) is 4.74 Å². The summed E-state index contributed by atoms with van der Waals surface area (Å²) in [6.45, 7) is 3.16. The molecule has 3 rings (SSSR count). The lowest BCUT2D eigenvalue weighted by atomic mass is 10.0. The number of rotatable bonds is 2. The first-order valence-corrected chi connectivity index (χ1v) is 8.54. The van der Waals surface area contributed by atoms with Crippen LogP contribution in [0.3, 0.4) is 0 Å². The van der Waals surface area contributed by atoms with Crippen molar-refractivity contribution in [2.24, 2.45) is 0 Å². The Labute approximate surface area is 139 Å². The van der Waals surface area contributed by atoms with Gasteiger partial charge in [0.05, 0.1) is 6.10 Å². The lowest BCUT2D eigenvalue weighted by Crippen LogP contribution is -2.11. The van der Waals surface area contributed by atoms with Crippen molar-refractivity contribution in [2.45, 2.75) is 45.1 Å². The van der Waals surface area contributed by atoms with E-state index < -0.39 is 0 Å². The molecule has 1 aliphatic heterocycles. The minimum absolute atomic E-state index is 0.0752. The summed E-state index contributed by atoms with van der Waals surface area (Å²) in [4.78, 5) is 11.8. The van der Waals surface area contributed by atoms with Crippen LogP contribution in [-0.2, 0) is 4.74 Å². The molecule has 0 aromatic heterocycles. The molecular formula is C21H26O2. The number of hydrogen-bond donors (Lipinski definition) is 0. The standard InChI is InChI=1S/C13H10O.C8H16O/c14-13(11-7-3-1-4-8-11)12-9-5-2-6-10-12;1-8-6-4-2-3-5-7-9-8/h1-10H;8H,2-7H2,1H3. The lowest BCUT2D eigenvalue weighted by Gasteiger charge is -2.15. The Morgan fingerprint density at radius 3 is 1.91 bits per heavy atom. The zero-order chi connectivity index (χ0) is 16.3. The highest BCUT2D eigenvalue weighted by molar-refractivity contribution is 6.08. The number of ketones is 1. The molecule has 0 N–H and O–H groups in total. The molecule has 0 amide bonds. The average molecular weight is 310 g/mol. The third kappa shape index (κ3) is 6.37. The van der Waals surface area contributed by atoms with Crippen molar-refractivity contribution in [3.8, 4) is 0 Å². The minimum atomic E-state index is 0.0752. The molecule has 0 radical (unpaired) electrons. The van der Waals surface area contributed by atoms with Gasteiger partial charge in [0.1, 0.15) is 0 Å². The van der Waals surface area contributed by atoms with Crippen molar-refractivity contribution < 1.29 is 9.53 Å². The van der Waals surface area contributed by atoms with Crippen LogP contribution in [0.5, 0.6) is 0 Å². The molecule has 1 heterocycles. The molecule has 2 nitrogen and oxygen atoms in total. The third-order valence-electron chi connectivity index (χ3n) is 3.98. The quantitative estimate of drug-likeness (QED) is 0.706. The second kappa shape index (κ2) is 9.96. The Hall–Kier alpha value is -1.93. The molecule has 1 unspecified atom stereocenters. The summed E-state index contributed by atoms with van der Waals surface area (Å²) in [6, 6.07) is 18.6. The van der Waals surface area contributed by atoms with Crippen LogP contribution >= 0.6 is 0 Å². The Bertz CT molecular complexity index is 513. The van der Waals surface area contributed by atoms with Gasteiger partial charge in [-0.1, -0.05) is 79.9 Å². The highest BCUT2D eigenvalue weighted by Crippen LogP contribution is 2.12. The molecule has 0 spiro atoms. The normalized spacial score (nSPS) is 18.0. The van der Waals surface area contributed by atoms with Gasteiger partial charge in [-0.05, 0) is 19.8 Å². The SMILES string of the molecule is CC1CCCCCCO1.O=C(c1ccccc1)c1ccccc1. The van der Waals surface area contributed by atoms with Gasteiger partial charge in [0.2, 0.25) is 0 Å². The summed E-state index contributed by atoms with van der Waals surface area (Å²) >= 11 is 0. The third-order valence-corrected chi connectivity index (χ3v) is 3.98. The van der Waals surface area contributed by atoms with Gasteiger partial charge >= 0.3 is 0 Å². The van der Waals surface area contributed by atoms with Crippen molar-refractivity contribution in [1.82, 2.24) is 0 Å². The molecule has 0 saturated carbocycles. The highest BCUT2D eigenvalue weighted by atomic mass is 16.5. The molecule has 23 heavy (non-hydrogen) atoms. The Morgan fingerprint density at radius 2 is 1.35 bits per heavy atom. The zero-order valence-corrected chi connectivity index (χ0v) is 13.9. The summed E-state index contributed by atoms with van der Waals surface area (Å²) in [5, 5.41) is 0. The number of carbonyl (C=O) groups excluding carboxylic acids is 1. The number of hydrogen-bond acceptors (Lipinski definition) is 2. The molecule has 122 valence electrons. The molecule has 1 aliphatic rings. The van der Waals surface area contributed by atoms with E-state index in [1.54, 1.807) is 0 Å². The molecular weight excluding hydrogens is 284 g/mol. The highest BCUT2D eigenvalue weighted by Gasteiger charge is 2.06. The van der Waals surface area contributed by atoms with E-state index >= 15 is 0 Å². The van der Waals surface area contributed by atoms with Gasteiger partial charge in [0, 0.05) is 17.7 Å². The van der Waals surface area contributed by atoms with Gasteiger partial charge in [-0.25, -0.2) is 0 Å². The predicted octanol–water partition coefficient (Wildman–Crippen LogP) is 5.27. The first-order chi connectivity index (χ1) is 11.3. The van der Waals surface area contributed by atoms with Crippen molar-refractivity contribution >= 4 is 5.78 Å². The van der Waals surface area contributed by atoms with E-state index in [1.165, 1.54) is 32.1 Å². The molecule has 2 aromatic rings. The fourth-order valence-corrected chi connectivity index (χ4v) is 2.60. The van der Waals surface area contributed by atoms with Crippen LogP contribution in [-0.4, -0.2) is 18.5 Å². The summed E-state index contributed by atoms with van der Waals surface area (Å²) < 4.78 is 5.48. The molecule has 1 atom stereocenters. The first kappa shape index (κ1) is 17.4. The number of carbonyl (C=O) groups is 1. The van der Waals surface area contributed by atoms with E-state index in [1.807, 2.05) is 60.7 Å². The molecule has 2 aromatic carbocycles. The fourth-order valence-electron chi connectivity index (χ4n) is 2.60. The molecule has 1 saturated heterocycles. The monoisotopic (exact) mass is 310 g/mol. The molecule has 1 fully saturated rings. The van der Waals surface area contributed by atoms with Gasteiger partial charge in [-0.2, -0.15) is 0 Å². The van der Waals surface area contributed by atoms with Crippen LogP contribution in [0.25, 0.3) is 0 Å². The van der Waals surface area contributed by atoms with Crippen molar-refractivity contribution in [2.75, 3.05) is 6.61 Å². The largest absolute Gasteiger partial charge is 0.379 e.